The highest BCUT2D eigenvalue weighted by atomic mass is 16.7. The van der Waals surface area contributed by atoms with Gasteiger partial charge < -0.3 is 0 Å². The number of anilines is 2. The van der Waals surface area contributed by atoms with Crippen LogP contribution in [-0.4, -0.2) is 30.2 Å². The van der Waals surface area contributed by atoms with Crippen molar-refractivity contribution in [1.82, 2.24) is 20.2 Å². The molecule has 13 nitrogen and oxygen atoms in total. The predicted molar refractivity (Wildman–Crippen MR) is 79.3 cm³/mol. The topological polar surface area (TPSA) is 179 Å². The fourth-order valence-electron chi connectivity index (χ4n) is 2.08. The van der Waals surface area contributed by atoms with Gasteiger partial charge in [0.2, 0.25) is 5.43 Å². The summed E-state index contributed by atoms with van der Waals surface area (Å²) in [6.07, 6.45) is 0. The minimum Gasteiger partial charge on any atom is -0.287 e. The SMILES string of the molecule is O=c1c2nc(N[N+](=O)[O-])nnc(N[N+](=O)[O-])nc-2c2ccccc12. The molecule has 120 valence electrons. The van der Waals surface area contributed by atoms with Gasteiger partial charge in [-0.15, -0.1) is 10.2 Å². The molecule has 1 heterocycles. The molecule has 1 aliphatic heterocycles. The Balaban J connectivity index is 2.37. The Hall–Kier alpha value is -4.03. The lowest BCUT2D eigenvalue weighted by Crippen LogP contribution is -2.15. The van der Waals surface area contributed by atoms with Crippen LogP contribution in [0, 0.1) is 20.2 Å². The van der Waals surface area contributed by atoms with E-state index in [2.05, 4.69) is 20.2 Å². The van der Waals surface area contributed by atoms with Crippen LogP contribution in [0.5, 0.6) is 0 Å². The first kappa shape index (κ1) is 14.9. The Morgan fingerprint density at radius 3 is 1.88 bits per heavy atom. The summed E-state index contributed by atoms with van der Waals surface area (Å²) >= 11 is 0. The molecule has 2 aliphatic rings. The molecule has 1 aliphatic carbocycles. The Labute approximate surface area is 131 Å². The lowest BCUT2D eigenvalue weighted by molar-refractivity contribution is -0.446. The van der Waals surface area contributed by atoms with Crippen LogP contribution in [0.25, 0.3) is 22.2 Å². The molecular formula is C11H6N8O5. The summed E-state index contributed by atoms with van der Waals surface area (Å²) in [6, 6.07) is 6.34. The van der Waals surface area contributed by atoms with Crippen LogP contribution >= 0.6 is 0 Å². The predicted octanol–water partition coefficient (Wildman–Crippen LogP) is 0.0920. The summed E-state index contributed by atoms with van der Waals surface area (Å²) in [5.41, 5.74) is 2.58. The maximum Gasteiger partial charge on any atom is 0.304 e. The number of fused-ring (bicyclic) bond motifs is 3. The number of benzene rings is 1. The van der Waals surface area contributed by atoms with E-state index >= 15 is 0 Å². The van der Waals surface area contributed by atoms with Crippen molar-refractivity contribution in [3.63, 3.8) is 0 Å². The number of nitrogens with one attached hydrogen (secondary N) is 2. The van der Waals surface area contributed by atoms with Crippen LogP contribution in [0.1, 0.15) is 0 Å². The van der Waals surface area contributed by atoms with E-state index in [1.165, 1.54) is 6.07 Å². The van der Waals surface area contributed by atoms with Gasteiger partial charge in [0.05, 0.1) is 0 Å². The zero-order valence-corrected chi connectivity index (χ0v) is 11.5. The van der Waals surface area contributed by atoms with E-state index < -0.39 is 27.4 Å². The average Bonchev–Trinajstić information content (AvgIpc) is 2.75. The smallest absolute Gasteiger partial charge is 0.287 e. The van der Waals surface area contributed by atoms with Gasteiger partial charge in [0.1, 0.15) is 11.4 Å². The highest BCUT2D eigenvalue weighted by molar-refractivity contribution is 5.99. The molecule has 0 amide bonds. The number of hydrogen-bond acceptors (Lipinski definition) is 9. The number of rotatable bonds is 4. The van der Waals surface area contributed by atoms with E-state index in [0.717, 1.165) is 0 Å². The molecule has 0 radical (unpaired) electrons. The number of hydrazine groups is 2. The van der Waals surface area contributed by atoms with E-state index in [0.29, 0.717) is 5.39 Å². The van der Waals surface area contributed by atoms with Crippen LogP contribution in [0.4, 0.5) is 11.9 Å². The van der Waals surface area contributed by atoms with Crippen molar-refractivity contribution in [1.29, 1.82) is 0 Å². The first-order valence-electron chi connectivity index (χ1n) is 6.25. The molecule has 1 aromatic carbocycles. The lowest BCUT2D eigenvalue weighted by atomic mass is 10.2. The Kier molecular flexibility index (Phi) is 3.50. The van der Waals surface area contributed by atoms with Gasteiger partial charge in [0.15, 0.2) is 10.1 Å². The molecule has 0 unspecified atom stereocenters. The fraction of sp³-hybridized carbons (Fsp3) is 0. The Morgan fingerprint density at radius 1 is 0.833 bits per heavy atom. The molecule has 0 fully saturated rings. The lowest BCUT2D eigenvalue weighted by Gasteiger charge is -1.99. The van der Waals surface area contributed by atoms with Crippen molar-refractivity contribution in [2.75, 3.05) is 10.9 Å². The van der Waals surface area contributed by atoms with Gasteiger partial charge in [-0.3, -0.25) is 4.79 Å². The van der Waals surface area contributed by atoms with Gasteiger partial charge in [-0.1, -0.05) is 35.1 Å². The molecule has 0 saturated heterocycles. The van der Waals surface area contributed by atoms with Crippen molar-refractivity contribution in [3.05, 3.63) is 54.7 Å². The minimum absolute atomic E-state index is 0.00116. The van der Waals surface area contributed by atoms with Gasteiger partial charge in [0.25, 0.3) is 0 Å². The first-order valence-corrected chi connectivity index (χ1v) is 6.25. The van der Waals surface area contributed by atoms with Crippen molar-refractivity contribution >= 4 is 22.7 Å². The minimum atomic E-state index is -0.954. The van der Waals surface area contributed by atoms with Crippen LogP contribution in [0.15, 0.2) is 29.1 Å². The summed E-state index contributed by atoms with van der Waals surface area (Å²) in [6.45, 7) is 0. The summed E-state index contributed by atoms with van der Waals surface area (Å²) in [5, 5.41) is 26.7. The fourth-order valence-corrected chi connectivity index (χ4v) is 2.08. The first-order chi connectivity index (χ1) is 11.5. The van der Waals surface area contributed by atoms with Crippen LogP contribution in [0.3, 0.4) is 0 Å². The summed E-state index contributed by atoms with van der Waals surface area (Å²) in [4.78, 5) is 41.2. The number of hydrogen-bond donors (Lipinski definition) is 2. The van der Waals surface area contributed by atoms with Gasteiger partial charge in [0, 0.05) is 10.8 Å². The number of nitrogens with zero attached hydrogens (tertiary/aromatic N) is 6. The van der Waals surface area contributed by atoms with E-state index in [-0.39, 0.29) is 16.8 Å². The second kappa shape index (κ2) is 5.64. The second-order valence-electron chi connectivity index (χ2n) is 4.38. The largest absolute Gasteiger partial charge is 0.304 e. The zero-order valence-electron chi connectivity index (χ0n) is 11.5. The van der Waals surface area contributed by atoms with Gasteiger partial charge in [-0.05, 0) is 0 Å². The Morgan fingerprint density at radius 2 is 1.33 bits per heavy atom. The molecule has 0 saturated carbocycles. The van der Waals surface area contributed by atoms with Crippen molar-refractivity contribution < 1.29 is 10.1 Å². The van der Waals surface area contributed by atoms with Gasteiger partial charge in [-0.2, -0.15) is 0 Å². The number of aromatic nitrogens is 4. The molecule has 0 atom stereocenters. The third kappa shape index (κ3) is 2.68. The van der Waals surface area contributed by atoms with Crippen molar-refractivity contribution in [3.8, 4) is 11.4 Å². The molecule has 2 N–H and O–H groups in total. The van der Waals surface area contributed by atoms with E-state index in [4.69, 9.17) is 0 Å². The molecule has 13 heteroatoms. The molecule has 24 heavy (non-hydrogen) atoms. The molecule has 0 bridgehead atoms. The molecular weight excluding hydrogens is 324 g/mol. The third-order valence-corrected chi connectivity index (χ3v) is 2.92. The van der Waals surface area contributed by atoms with E-state index in [1.807, 2.05) is 0 Å². The summed E-state index contributed by atoms with van der Waals surface area (Å²) in [5.74, 6) is -1.18. The monoisotopic (exact) mass is 330 g/mol. The molecule has 3 rings (SSSR count). The zero-order chi connectivity index (χ0) is 17.3. The van der Waals surface area contributed by atoms with Crippen LogP contribution < -0.4 is 16.3 Å². The maximum absolute atomic E-state index is 12.4. The van der Waals surface area contributed by atoms with E-state index in [1.54, 1.807) is 29.1 Å². The summed E-state index contributed by atoms with van der Waals surface area (Å²) in [7, 11) is 0. The van der Waals surface area contributed by atoms with Crippen molar-refractivity contribution in [2.45, 2.75) is 0 Å². The highest BCUT2D eigenvalue weighted by Gasteiger charge is 2.21. The molecule has 0 spiro atoms. The van der Waals surface area contributed by atoms with Gasteiger partial charge >= 0.3 is 11.9 Å². The maximum atomic E-state index is 12.4. The number of nitro groups is 2. The van der Waals surface area contributed by atoms with Gasteiger partial charge in [-0.25, -0.2) is 30.2 Å². The average molecular weight is 330 g/mol. The second-order valence-corrected chi connectivity index (χ2v) is 4.38. The molecule has 0 aromatic heterocycles. The molecule has 1 aromatic rings. The Bertz CT molecular complexity index is 1010. The van der Waals surface area contributed by atoms with Crippen LogP contribution in [0.2, 0.25) is 0 Å². The van der Waals surface area contributed by atoms with Crippen molar-refractivity contribution in [2.24, 2.45) is 0 Å². The summed E-state index contributed by atoms with van der Waals surface area (Å²) < 4.78 is 0. The standard InChI is InChI=1S/C11H6N8O5/c20-9-6-4-2-1-3-5(6)7-8(9)13-11(17-19(23)24)15-14-10(12-7)16-18(21)22/h1-4H,(H,12,14,16)(H,13,15,17). The highest BCUT2D eigenvalue weighted by Crippen LogP contribution is 2.26. The third-order valence-electron chi connectivity index (χ3n) is 2.92. The van der Waals surface area contributed by atoms with E-state index in [9.17, 15) is 25.0 Å². The quantitative estimate of drug-likeness (QED) is 0.489. The normalized spacial score (nSPS) is 10.5. The van der Waals surface area contributed by atoms with Crippen LogP contribution in [-0.2, 0) is 0 Å².